The highest BCUT2D eigenvalue weighted by Gasteiger charge is 2.15. The van der Waals surface area contributed by atoms with Gasteiger partial charge in [0.25, 0.3) is 5.69 Å². The predicted molar refractivity (Wildman–Crippen MR) is 51.1 cm³/mol. The van der Waals surface area contributed by atoms with E-state index in [1.807, 2.05) is 0 Å². The van der Waals surface area contributed by atoms with Gasteiger partial charge in [0, 0.05) is 6.07 Å². The SMILES string of the molecule is N=Nc1nc2c([N+](=O)[O-])cccc2s1. The molecule has 0 radical (unpaired) electrons. The van der Waals surface area contributed by atoms with Crippen molar-refractivity contribution in [3.05, 3.63) is 28.3 Å². The van der Waals surface area contributed by atoms with Crippen molar-refractivity contribution in [2.45, 2.75) is 0 Å². The van der Waals surface area contributed by atoms with Gasteiger partial charge in [0.1, 0.15) is 0 Å². The van der Waals surface area contributed by atoms with E-state index < -0.39 is 4.92 Å². The Morgan fingerprint density at radius 3 is 3.00 bits per heavy atom. The van der Waals surface area contributed by atoms with E-state index in [1.54, 1.807) is 12.1 Å². The third-order valence-electron chi connectivity index (χ3n) is 1.68. The Balaban J connectivity index is 2.79. The molecule has 1 N–H and O–H groups in total. The average Bonchev–Trinajstić information content (AvgIpc) is 2.59. The highest BCUT2D eigenvalue weighted by molar-refractivity contribution is 7.22. The lowest BCUT2D eigenvalue weighted by Crippen LogP contribution is -1.88. The summed E-state index contributed by atoms with van der Waals surface area (Å²) in [7, 11) is 0. The molecule has 2 aromatic rings. The van der Waals surface area contributed by atoms with Gasteiger partial charge in [-0.25, -0.2) is 10.5 Å². The minimum atomic E-state index is -0.490. The second kappa shape index (κ2) is 3.11. The molecule has 0 aliphatic heterocycles. The van der Waals surface area contributed by atoms with E-state index in [4.69, 9.17) is 5.53 Å². The van der Waals surface area contributed by atoms with E-state index in [9.17, 15) is 10.1 Å². The number of rotatable bonds is 2. The Hall–Kier alpha value is -1.89. The van der Waals surface area contributed by atoms with Gasteiger partial charge >= 0.3 is 0 Å². The Kier molecular flexibility index (Phi) is 1.93. The molecule has 0 aliphatic rings. The number of nitrogens with zero attached hydrogens (tertiary/aromatic N) is 3. The average molecular weight is 208 g/mol. The number of nitrogens with one attached hydrogen (secondary N) is 1. The number of fused-ring (bicyclic) bond motifs is 1. The van der Waals surface area contributed by atoms with Crippen LogP contribution in [-0.2, 0) is 0 Å². The van der Waals surface area contributed by atoms with E-state index in [0.717, 1.165) is 11.3 Å². The number of hydrogen-bond acceptors (Lipinski definition) is 6. The first kappa shape index (κ1) is 8.70. The minimum absolute atomic E-state index is 0.0475. The molecule has 0 amide bonds. The van der Waals surface area contributed by atoms with Crippen LogP contribution in [0.5, 0.6) is 0 Å². The first-order valence-electron chi connectivity index (χ1n) is 3.64. The van der Waals surface area contributed by atoms with Crippen molar-refractivity contribution in [2.75, 3.05) is 0 Å². The van der Waals surface area contributed by atoms with Gasteiger partial charge in [0.15, 0.2) is 5.52 Å². The summed E-state index contributed by atoms with van der Waals surface area (Å²) < 4.78 is 0.671. The Morgan fingerprint density at radius 2 is 2.36 bits per heavy atom. The zero-order valence-electron chi connectivity index (χ0n) is 6.80. The number of non-ortho nitro benzene ring substituents is 1. The van der Waals surface area contributed by atoms with Crippen LogP contribution in [0.2, 0.25) is 0 Å². The molecule has 0 atom stereocenters. The largest absolute Gasteiger partial charge is 0.296 e. The van der Waals surface area contributed by atoms with Crippen LogP contribution in [0.1, 0.15) is 0 Å². The number of aromatic nitrogens is 1. The van der Waals surface area contributed by atoms with Crippen molar-refractivity contribution in [1.29, 1.82) is 5.53 Å². The molecule has 0 fully saturated rings. The first-order chi connectivity index (χ1) is 6.72. The maximum absolute atomic E-state index is 10.6. The maximum atomic E-state index is 10.6. The maximum Gasteiger partial charge on any atom is 0.296 e. The second-order valence-corrected chi connectivity index (χ2v) is 3.50. The fourth-order valence-electron chi connectivity index (χ4n) is 1.12. The lowest BCUT2D eigenvalue weighted by Gasteiger charge is -1.89. The summed E-state index contributed by atoms with van der Waals surface area (Å²) >= 11 is 1.16. The molecule has 6 nitrogen and oxygen atoms in total. The van der Waals surface area contributed by atoms with Crippen LogP contribution in [-0.4, -0.2) is 9.91 Å². The molecule has 0 saturated carbocycles. The molecule has 1 heterocycles. The fraction of sp³-hybridized carbons (Fsp3) is 0. The molecule has 1 aromatic carbocycles. The highest BCUT2D eigenvalue weighted by Crippen LogP contribution is 2.32. The van der Waals surface area contributed by atoms with Crippen LogP contribution >= 0.6 is 11.3 Å². The lowest BCUT2D eigenvalue weighted by atomic mass is 10.3. The van der Waals surface area contributed by atoms with Gasteiger partial charge in [-0.05, 0) is 6.07 Å². The van der Waals surface area contributed by atoms with Gasteiger partial charge in [-0.2, -0.15) is 0 Å². The van der Waals surface area contributed by atoms with E-state index >= 15 is 0 Å². The van der Waals surface area contributed by atoms with Gasteiger partial charge in [-0.15, -0.1) is 5.11 Å². The molecule has 7 heteroatoms. The zero-order valence-corrected chi connectivity index (χ0v) is 7.61. The third kappa shape index (κ3) is 1.23. The number of benzene rings is 1. The Bertz CT molecular complexity index is 521. The van der Waals surface area contributed by atoms with E-state index in [0.29, 0.717) is 10.2 Å². The van der Waals surface area contributed by atoms with Gasteiger partial charge in [-0.1, -0.05) is 17.4 Å². The normalized spacial score (nSPS) is 10.3. The zero-order chi connectivity index (χ0) is 10.1. The third-order valence-corrected chi connectivity index (χ3v) is 2.59. The van der Waals surface area contributed by atoms with Gasteiger partial charge in [-0.3, -0.25) is 10.1 Å². The number of para-hydroxylation sites is 1. The molecular formula is C7H4N4O2S. The van der Waals surface area contributed by atoms with Crippen LogP contribution in [0, 0.1) is 15.6 Å². The van der Waals surface area contributed by atoms with Crippen LogP contribution < -0.4 is 0 Å². The summed E-state index contributed by atoms with van der Waals surface area (Å²) in [5.74, 6) is 0. The Morgan fingerprint density at radius 1 is 1.57 bits per heavy atom. The Labute approximate surface area is 81.9 Å². The monoisotopic (exact) mass is 208 g/mol. The van der Waals surface area contributed by atoms with Crippen molar-refractivity contribution in [2.24, 2.45) is 5.11 Å². The number of thiazole rings is 1. The van der Waals surface area contributed by atoms with Gasteiger partial charge < -0.3 is 0 Å². The standard InChI is InChI=1S/C7H4N4O2S/c8-10-7-9-6-4(11(12)13)2-1-3-5(6)14-7/h1-3,8H. The minimum Gasteiger partial charge on any atom is -0.258 e. The molecular weight excluding hydrogens is 204 g/mol. The smallest absolute Gasteiger partial charge is 0.258 e. The summed E-state index contributed by atoms with van der Waals surface area (Å²) in [6, 6.07) is 4.69. The molecule has 0 spiro atoms. The van der Waals surface area contributed by atoms with Crippen molar-refractivity contribution >= 4 is 32.4 Å². The van der Waals surface area contributed by atoms with Crippen LogP contribution in [0.25, 0.3) is 10.2 Å². The summed E-state index contributed by atoms with van der Waals surface area (Å²) in [6.45, 7) is 0. The van der Waals surface area contributed by atoms with Crippen LogP contribution in [0.15, 0.2) is 23.3 Å². The van der Waals surface area contributed by atoms with Crippen molar-refractivity contribution < 1.29 is 4.92 Å². The predicted octanol–water partition coefficient (Wildman–Crippen LogP) is 2.87. The molecule has 1 aromatic heterocycles. The van der Waals surface area contributed by atoms with E-state index in [1.165, 1.54) is 6.07 Å². The van der Waals surface area contributed by atoms with Crippen molar-refractivity contribution in [3.63, 3.8) is 0 Å². The summed E-state index contributed by atoms with van der Waals surface area (Å²) in [5, 5.41) is 14.0. The topological polar surface area (TPSA) is 92.2 Å². The summed E-state index contributed by atoms with van der Waals surface area (Å²) in [5.41, 5.74) is 7.01. The summed E-state index contributed by atoms with van der Waals surface area (Å²) in [6.07, 6.45) is 0. The lowest BCUT2D eigenvalue weighted by molar-refractivity contribution is -0.383. The number of nitro benzene ring substituents is 1. The van der Waals surface area contributed by atoms with E-state index in [-0.39, 0.29) is 10.8 Å². The molecule has 70 valence electrons. The molecule has 0 aliphatic carbocycles. The van der Waals surface area contributed by atoms with Crippen molar-refractivity contribution in [3.8, 4) is 0 Å². The molecule has 0 bridgehead atoms. The first-order valence-corrected chi connectivity index (χ1v) is 4.45. The van der Waals surface area contributed by atoms with Crippen molar-refractivity contribution in [1.82, 2.24) is 4.98 Å². The van der Waals surface area contributed by atoms with E-state index in [2.05, 4.69) is 10.1 Å². The number of hydrogen-bond donors (Lipinski definition) is 1. The molecule has 0 unspecified atom stereocenters. The highest BCUT2D eigenvalue weighted by atomic mass is 32.1. The second-order valence-electron chi connectivity index (χ2n) is 2.49. The van der Waals surface area contributed by atoms with Gasteiger partial charge in [0.2, 0.25) is 5.13 Å². The molecule has 14 heavy (non-hydrogen) atoms. The van der Waals surface area contributed by atoms with Crippen LogP contribution in [0.4, 0.5) is 10.8 Å². The molecule has 0 saturated heterocycles. The molecule has 2 rings (SSSR count). The van der Waals surface area contributed by atoms with Gasteiger partial charge in [0.05, 0.1) is 9.62 Å². The van der Waals surface area contributed by atoms with Crippen LogP contribution in [0.3, 0.4) is 0 Å². The number of nitro groups is 1. The quantitative estimate of drug-likeness (QED) is 0.467. The summed E-state index contributed by atoms with van der Waals surface area (Å²) in [4.78, 5) is 14.0. The fourth-order valence-corrected chi connectivity index (χ4v) is 1.89.